The highest BCUT2D eigenvalue weighted by atomic mass is 32.2. The number of esters is 1. The van der Waals surface area contributed by atoms with Gasteiger partial charge in [0.1, 0.15) is 12.4 Å². The van der Waals surface area contributed by atoms with Gasteiger partial charge in [-0.05, 0) is 24.3 Å². The van der Waals surface area contributed by atoms with E-state index in [9.17, 15) is 13.2 Å². The fourth-order valence-corrected chi connectivity index (χ4v) is 2.90. The van der Waals surface area contributed by atoms with Gasteiger partial charge < -0.3 is 24.3 Å². The Morgan fingerprint density at radius 1 is 1.04 bits per heavy atom. The van der Waals surface area contributed by atoms with Crippen molar-refractivity contribution in [1.82, 2.24) is 0 Å². The molecule has 2 aromatic rings. The van der Waals surface area contributed by atoms with Crippen LogP contribution < -0.4 is 24.7 Å². The van der Waals surface area contributed by atoms with Crippen LogP contribution in [0.4, 0.5) is 5.69 Å². The molecule has 0 aliphatic heterocycles. The second-order valence-corrected chi connectivity index (χ2v) is 7.10. The van der Waals surface area contributed by atoms with E-state index in [1.165, 1.54) is 51.7 Å². The number of anilines is 1. The van der Waals surface area contributed by atoms with Crippen LogP contribution in [-0.4, -0.2) is 48.9 Å². The van der Waals surface area contributed by atoms with Crippen LogP contribution in [0.25, 0.3) is 0 Å². The number of sulfonamides is 1. The van der Waals surface area contributed by atoms with Crippen molar-refractivity contribution in [3.8, 4) is 17.2 Å². The lowest BCUT2D eigenvalue weighted by Gasteiger charge is -2.15. The minimum absolute atomic E-state index is 0.00558. The van der Waals surface area contributed by atoms with Gasteiger partial charge in [-0.25, -0.2) is 18.4 Å². The number of methoxy groups -OCH3 is 3. The molecule has 152 valence electrons. The van der Waals surface area contributed by atoms with Gasteiger partial charge in [-0.3, -0.25) is 0 Å². The van der Waals surface area contributed by atoms with Crippen LogP contribution in [0.5, 0.6) is 17.2 Å². The average Bonchev–Trinajstić information content (AvgIpc) is 2.69. The van der Waals surface area contributed by atoms with Gasteiger partial charge in [-0.2, -0.15) is 0 Å². The Kier molecular flexibility index (Phi) is 7.07. The number of primary sulfonamides is 1. The summed E-state index contributed by atoms with van der Waals surface area (Å²) in [5.41, 5.74) is 0.787. The molecule has 0 bridgehead atoms. The number of carbonyl (C=O) groups is 1. The maximum Gasteiger partial charge on any atom is 0.340 e. The molecule has 0 aliphatic rings. The SMILES string of the molecule is COC(=O)c1cc(OC)c(OC)cc1NCCOc1ccc(S(N)(=O)=O)cc1. The summed E-state index contributed by atoms with van der Waals surface area (Å²) in [6.07, 6.45) is 0. The third-order valence-corrected chi connectivity index (χ3v) is 4.70. The highest BCUT2D eigenvalue weighted by Gasteiger charge is 2.17. The number of hydrogen-bond acceptors (Lipinski definition) is 8. The monoisotopic (exact) mass is 410 g/mol. The highest BCUT2D eigenvalue weighted by molar-refractivity contribution is 7.89. The molecule has 9 nitrogen and oxygen atoms in total. The number of ether oxygens (including phenoxy) is 4. The first-order chi connectivity index (χ1) is 13.3. The quantitative estimate of drug-likeness (QED) is 0.472. The number of nitrogens with one attached hydrogen (secondary N) is 1. The lowest BCUT2D eigenvalue weighted by atomic mass is 10.1. The Morgan fingerprint density at radius 3 is 2.18 bits per heavy atom. The van der Waals surface area contributed by atoms with E-state index in [1.54, 1.807) is 6.07 Å². The summed E-state index contributed by atoms with van der Waals surface area (Å²) >= 11 is 0. The summed E-state index contributed by atoms with van der Waals surface area (Å²) in [5, 5.41) is 8.13. The summed E-state index contributed by atoms with van der Waals surface area (Å²) in [6, 6.07) is 8.90. The predicted molar refractivity (Wildman–Crippen MR) is 103 cm³/mol. The molecule has 2 aromatic carbocycles. The third-order valence-electron chi connectivity index (χ3n) is 3.77. The minimum atomic E-state index is -3.74. The lowest BCUT2D eigenvalue weighted by molar-refractivity contribution is 0.0601. The van der Waals surface area contributed by atoms with Crippen LogP contribution in [0, 0.1) is 0 Å². The Hall–Kier alpha value is -2.98. The largest absolute Gasteiger partial charge is 0.493 e. The van der Waals surface area contributed by atoms with Crippen molar-refractivity contribution in [2.45, 2.75) is 4.90 Å². The van der Waals surface area contributed by atoms with Gasteiger partial charge in [0.2, 0.25) is 10.0 Å². The summed E-state index contributed by atoms with van der Waals surface area (Å²) in [4.78, 5) is 12.0. The fourth-order valence-electron chi connectivity index (χ4n) is 2.38. The third kappa shape index (κ3) is 5.27. The van der Waals surface area contributed by atoms with Crippen molar-refractivity contribution in [2.24, 2.45) is 5.14 Å². The van der Waals surface area contributed by atoms with Crippen molar-refractivity contribution < 1.29 is 32.2 Å². The van der Waals surface area contributed by atoms with Gasteiger partial charge in [-0.15, -0.1) is 0 Å². The van der Waals surface area contributed by atoms with Crippen LogP contribution in [0.15, 0.2) is 41.3 Å². The Labute approximate surface area is 163 Å². The zero-order valence-electron chi connectivity index (χ0n) is 15.7. The molecular weight excluding hydrogens is 388 g/mol. The summed E-state index contributed by atoms with van der Waals surface area (Å²) < 4.78 is 43.3. The summed E-state index contributed by atoms with van der Waals surface area (Å²) in [7, 11) is 0.513. The number of nitrogens with two attached hydrogens (primary N) is 1. The van der Waals surface area contributed by atoms with Crippen LogP contribution in [-0.2, 0) is 14.8 Å². The fraction of sp³-hybridized carbons (Fsp3) is 0.278. The van der Waals surface area contributed by atoms with Gasteiger partial charge >= 0.3 is 5.97 Å². The number of rotatable bonds is 9. The zero-order valence-corrected chi connectivity index (χ0v) is 16.5. The number of hydrogen-bond donors (Lipinski definition) is 2. The molecule has 0 unspecified atom stereocenters. The second-order valence-electron chi connectivity index (χ2n) is 5.54. The van der Waals surface area contributed by atoms with E-state index in [2.05, 4.69) is 5.32 Å². The molecule has 0 radical (unpaired) electrons. The first-order valence-electron chi connectivity index (χ1n) is 8.14. The molecule has 0 atom stereocenters. The van der Waals surface area contributed by atoms with E-state index in [-0.39, 0.29) is 17.1 Å². The molecule has 0 fully saturated rings. The van der Waals surface area contributed by atoms with Crippen molar-refractivity contribution in [3.05, 3.63) is 42.0 Å². The van der Waals surface area contributed by atoms with E-state index < -0.39 is 16.0 Å². The molecule has 0 saturated heterocycles. The highest BCUT2D eigenvalue weighted by Crippen LogP contribution is 2.33. The van der Waals surface area contributed by atoms with Gasteiger partial charge in [0.15, 0.2) is 11.5 Å². The van der Waals surface area contributed by atoms with Gasteiger partial charge in [-0.1, -0.05) is 0 Å². The van der Waals surface area contributed by atoms with Crippen LogP contribution >= 0.6 is 0 Å². The molecule has 0 amide bonds. The number of carbonyl (C=O) groups excluding carboxylic acids is 1. The zero-order chi connectivity index (χ0) is 20.7. The van der Waals surface area contributed by atoms with Crippen LogP contribution in [0.3, 0.4) is 0 Å². The first-order valence-corrected chi connectivity index (χ1v) is 9.68. The minimum Gasteiger partial charge on any atom is -0.493 e. The molecule has 0 aromatic heterocycles. The molecule has 0 heterocycles. The van der Waals surface area contributed by atoms with Crippen LogP contribution in [0.1, 0.15) is 10.4 Å². The average molecular weight is 410 g/mol. The van der Waals surface area contributed by atoms with Gasteiger partial charge in [0.25, 0.3) is 0 Å². The predicted octanol–water partition coefficient (Wildman–Crippen LogP) is 1.63. The van der Waals surface area contributed by atoms with Gasteiger partial charge in [0.05, 0.1) is 37.5 Å². The summed E-state index contributed by atoms with van der Waals surface area (Å²) in [5.74, 6) is 0.814. The first kappa shape index (κ1) is 21.3. The van der Waals surface area contributed by atoms with Crippen molar-refractivity contribution in [1.29, 1.82) is 0 Å². The van der Waals surface area contributed by atoms with Crippen molar-refractivity contribution in [2.75, 3.05) is 39.8 Å². The smallest absolute Gasteiger partial charge is 0.340 e. The molecule has 0 spiro atoms. The normalized spacial score (nSPS) is 10.9. The molecule has 28 heavy (non-hydrogen) atoms. The van der Waals surface area contributed by atoms with Crippen molar-refractivity contribution >= 4 is 21.7 Å². The maximum atomic E-state index is 12.0. The van der Waals surface area contributed by atoms with E-state index in [1.807, 2.05) is 0 Å². The van der Waals surface area contributed by atoms with Crippen molar-refractivity contribution in [3.63, 3.8) is 0 Å². The maximum absolute atomic E-state index is 12.0. The molecule has 0 aliphatic carbocycles. The standard InChI is InChI=1S/C18H22N2O7S/c1-24-16-10-14(18(21)26-3)15(11-17(16)25-2)20-8-9-27-12-4-6-13(7-5-12)28(19,22)23/h4-7,10-11,20H,8-9H2,1-3H3,(H2,19,22,23). The second kappa shape index (κ2) is 9.29. The lowest BCUT2D eigenvalue weighted by Crippen LogP contribution is -2.15. The van der Waals surface area contributed by atoms with E-state index in [4.69, 9.17) is 24.1 Å². The molecule has 10 heteroatoms. The summed E-state index contributed by atoms with van der Waals surface area (Å²) in [6.45, 7) is 0.611. The Morgan fingerprint density at radius 2 is 1.64 bits per heavy atom. The Balaban J connectivity index is 2.04. The van der Waals surface area contributed by atoms with E-state index in [0.29, 0.717) is 29.5 Å². The van der Waals surface area contributed by atoms with E-state index in [0.717, 1.165) is 0 Å². The van der Waals surface area contributed by atoms with E-state index >= 15 is 0 Å². The molecule has 3 N–H and O–H groups in total. The number of benzene rings is 2. The molecule has 0 saturated carbocycles. The molecule has 2 rings (SSSR count). The van der Waals surface area contributed by atoms with Gasteiger partial charge in [0, 0.05) is 18.7 Å². The van der Waals surface area contributed by atoms with Crippen LogP contribution in [0.2, 0.25) is 0 Å². The Bertz CT molecular complexity index is 928. The molecular formula is C18H22N2O7S. The topological polar surface area (TPSA) is 126 Å².